The lowest BCUT2D eigenvalue weighted by Gasteiger charge is -2.10. The van der Waals surface area contributed by atoms with Gasteiger partial charge in [0.05, 0.1) is 24.7 Å². The van der Waals surface area contributed by atoms with Crippen LogP contribution in [0.25, 0.3) is 0 Å². The van der Waals surface area contributed by atoms with Gasteiger partial charge in [-0.25, -0.2) is 9.18 Å². The molecule has 1 aromatic carbocycles. The third kappa shape index (κ3) is 2.68. The predicted molar refractivity (Wildman–Crippen MR) is 66.0 cm³/mol. The molecule has 20 heavy (non-hydrogen) atoms. The van der Waals surface area contributed by atoms with Crippen molar-refractivity contribution in [3.05, 3.63) is 29.6 Å². The van der Waals surface area contributed by atoms with Gasteiger partial charge in [0.1, 0.15) is 11.6 Å². The Labute approximate surface area is 114 Å². The molecule has 0 aliphatic carbocycles. The van der Waals surface area contributed by atoms with Gasteiger partial charge >= 0.3 is 5.97 Å². The third-order valence-electron chi connectivity index (χ3n) is 2.98. The summed E-state index contributed by atoms with van der Waals surface area (Å²) in [4.78, 5) is 35.6. The first kappa shape index (κ1) is 14.2. The number of carbonyl (C=O) groups excluding carboxylic acids is 3. The molecule has 1 heterocycles. The van der Waals surface area contributed by atoms with Gasteiger partial charge in [0, 0.05) is 0 Å². The van der Waals surface area contributed by atoms with E-state index in [2.05, 4.69) is 4.74 Å². The summed E-state index contributed by atoms with van der Waals surface area (Å²) < 4.78 is 23.1. The minimum Gasteiger partial charge on any atom is -0.493 e. The van der Waals surface area contributed by atoms with Gasteiger partial charge in [-0.05, 0) is 31.5 Å². The molecule has 5 nitrogen and oxygen atoms in total. The first-order valence-electron chi connectivity index (χ1n) is 6.22. The van der Waals surface area contributed by atoms with Crippen molar-refractivity contribution in [2.45, 2.75) is 13.3 Å². The number of Topliss-reactive ketones (excluding diaryl/α,β-unsaturated/α-hetero) is 2. The number of esters is 1. The first-order chi connectivity index (χ1) is 9.54. The number of carbonyl (C=O) groups is 3. The SMILES string of the molecule is CCOC(=O)C(=O)C1CCOc2ccc(F)cc2C1=O. The van der Waals surface area contributed by atoms with Crippen molar-refractivity contribution in [3.8, 4) is 5.75 Å². The topological polar surface area (TPSA) is 69.7 Å². The minimum atomic E-state index is -1.18. The maximum Gasteiger partial charge on any atom is 0.375 e. The lowest BCUT2D eigenvalue weighted by molar-refractivity contribution is -0.154. The van der Waals surface area contributed by atoms with Crippen LogP contribution in [0.15, 0.2) is 18.2 Å². The summed E-state index contributed by atoms with van der Waals surface area (Å²) in [6.45, 7) is 1.71. The van der Waals surface area contributed by atoms with Crippen LogP contribution in [0.3, 0.4) is 0 Å². The van der Waals surface area contributed by atoms with E-state index in [4.69, 9.17) is 4.74 Å². The number of hydrogen-bond acceptors (Lipinski definition) is 5. The van der Waals surface area contributed by atoms with E-state index >= 15 is 0 Å². The molecule has 1 aliphatic heterocycles. The summed E-state index contributed by atoms with van der Waals surface area (Å²) in [6.07, 6.45) is 0.0623. The maximum absolute atomic E-state index is 13.2. The fourth-order valence-corrected chi connectivity index (χ4v) is 2.02. The second-order valence-electron chi connectivity index (χ2n) is 4.28. The molecule has 0 N–H and O–H groups in total. The highest BCUT2D eigenvalue weighted by Crippen LogP contribution is 2.28. The van der Waals surface area contributed by atoms with Crippen molar-refractivity contribution < 1.29 is 28.2 Å². The Kier molecular flexibility index (Phi) is 4.12. The summed E-state index contributed by atoms with van der Waals surface area (Å²) in [6, 6.07) is 3.51. The fraction of sp³-hybridized carbons (Fsp3) is 0.357. The van der Waals surface area contributed by atoms with E-state index in [0.29, 0.717) is 0 Å². The van der Waals surface area contributed by atoms with E-state index < -0.39 is 29.3 Å². The van der Waals surface area contributed by atoms with Crippen LogP contribution in [0.5, 0.6) is 5.75 Å². The van der Waals surface area contributed by atoms with Crippen LogP contribution in [-0.4, -0.2) is 30.7 Å². The van der Waals surface area contributed by atoms with E-state index in [1.54, 1.807) is 6.92 Å². The molecule has 0 fully saturated rings. The smallest absolute Gasteiger partial charge is 0.375 e. The minimum absolute atomic E-state index is 0.0230. The third-order valence-corrected chi connectivity index (χ3v) is 2.98. The summed E-state index contributed by atoms with van der Waals surface area (Å²) in [5.41, 5.74) is -0.0230. The Morgan fingerprint density at radius 1 is 1.45 bits per heavy atom. The average molecular weight is 280 g/mol. The van der Waals surface area contributed by atoms with Gasteiger partial charge in [0.25, 0.3) is 5.78 Å². The van der Waals surface area contributed by atoms with Crippen LogP contribution in [0.1, 0.15) is 23.7 Å². The molecular weight excluding hydrogens is 267 g/mol. The molecule has 1 aliphatic rings. The summed E-state index contributed by atoms with van der Waals surface area (Å²) in [5, 5.41) is 0. The van der Waals surface area contributed by atoms with Gasteiger partial charge in [-0.15, -0.1) is 0 Å². The van der Waals surface area contributed by atoms with E-state index in [-0.39, 0.29) is 30.9 Å². The van der Waals surface area contributed by atoms with Crippen LogP contribution >= 0.6 is 0 Å². The van der Waals surface area contributed by atoms with E-state index in [0.717, 1.165) is 6.07 Å². The van der Waals surface area contributed by atoms with Crippen LogP contribution in [0.2, 0.25) is 0 Å². The fourth-order valence-electron chi connectivity index (χ4n) is 2.02. The van der Waals surface area contributed by atoms with Gasteiger partial charge in [0.15, 0.2) is 5.78 Å². The van der Waals surface area contributed by atoms with Gasteiger partial charge < -0.3 is 9.47 Å². The highest BCUT2D eigenvalue weighted by atomic mass is 19.1. The zero-order valence-corrected chi connectivity index (χ0v) is 10.8. The van der Waals surface area contributed by atoms with Crippen LogP contribution < -0.4 is 4.74 Å². The Morgan fingerprint density at radius 2 is 2.20 bits per heavy atom. The highest BCUT2D eigenvalue weighted by molar-refractivity contribution is 6.39. The molecule has 6 heteroatoms. The van der Waals surface area contributed by atoms with Crippen molar-refractivity contribution >= 4 is 17.5 Å². The van der Waals surface area contributed by atoms with Crippen molar-refractivity contribution in [2.24, 2.45) is 5.92 Å². The maximum atomic E-state index is 13.2. The van der Waals surface area contributed by atoms with Crippen molar-refractivity contribution in [2.75, 3.05) is 13.2 Å². The van der Waals surface area contributed by atoms with Crippen LogP contribution in [0, 0.1) is 11.7 Å². The van der Waals surface area contributed by atoms with Gasteiger partial charge in [0.2, 0.25) is 0 Å². The molecule has 0 spiro atoms. The number of halogens is 1. The quantitative estimate of drug-likeness (QED) is 0.477. The standard InChI is InChI=1S/C14H13FO5/c1-2-19-14(18)13(17)9-5-6-20-11-4-3-8(15)7-10(11)12(9)16/h3-4,7,9H,2,5-6H2,1H3. The molecular formula is C14H13FO5. The average Bonchev–Trinajstić information content (AvgIpc) is 2.58. The van der Waals surface area contributed by atoms with Crippen LogP contribution in [-0.2, 0) is 14.3 Å². The molecule has 1 aromatic rings. The molecule has 0 radical (unpaired) electrons. The molecule has 106 valence electrons. The number of ether oxygens (including phenoxy) is 2. The van der Waals surface area contributed by atoms with Crippen molar-refractivity contribution in [1.29, 1.82) is 0 Å². The zero-order valence-electron chi connectivity index (χ0n) is 10.8. The molecule has 1 unspecified atom stereocenters. The Balaban J connectivity index is 2.31. The number of fused-ring (bicyclic) bond motifs is 1. The second kappa shape index (κ2) is 5.81. The monoisotopic (exact) mass is 280 g/mol. The molecule has 0 aromatic heterocycles. The highest BCUT2D eigenvalue weighted by Gasteiger charge is 2.36. The number of ketones is 2. The van der Waals surface area contributed by atoms with Crippen molar-refractivity contribution in [1.82, 2.24) is 0 Å². The van der Waals surface area contributed by atoms with Crippen molar-refractivity contribution in [3.63, 3.8) is 0 Å². The number of benzene rings is 1. The van der Waals surface area contributed by atoms with Gasteiger partial charge in [-0.2, -0.15) is 0 Å². The molecule has 2 rings (SSSR count). The van der Waals surface area contributed by atoms with Gasteiger partial charge in [-0.1, -0.05) is 0 Å². The Morgan fingerprint density at radius 3 is 2.90 bits per heavy atom. The number of rotatable bonds is 3. The molecule has 0 bridgehead atoms. The first-order valence-corrected chi connectivity index (χ1v) is 6.22. The Bertz CT molecular complexity index is 567. The van der Waals surface area contributed by atoms with E-state index in [1.807, 2.05) is 0 Å². The largest absolute Gasteiger partial charge is 0.493 e. The normalized spacial score (nSPS) is 17.7. The van der Waals surface area contributed by atoms with Crippen LogP contribution in [0.4, 0.5) is 4.39 Å². The summed E-state index contributed by atoms with van der Waals surface area (Å²) in [5.74, 6) is -4.16. The Hall–Kier alpha value is -2.24. The summed E-state index contributed by atoms with van der Waals surface area (Å²) in [7, 11) is 0. The lowest BCUT2D eigenvalue weighted by Crippen LogP contribution is -2.31. The predicted octanol–water partition coefficient (Wildman–Crippen LogP) is 1.54. The lowest BCUT2D eigenvalue weighted by atomic mass is 9.91. The summed E-state index contributed by atoms with van der Waals surface area (Å²) >= 11 is 0. The zero-order chi connectivity index (χ0) is 14.7. The molecule has 0 saturated carbocycles. The second-order valence-corrected chi connectivity index (χ2v) is 4.28. The molecule has 0 saturated heterocycles. The van der Waals surface area contributed by atoms with E-state index in [9.17, 15) is 18.8 Å². The molecule has 1 atom stereocenters. The van der Waals surface area contributed by atoms with E-state index in [1.165, 1.54) is 12.1 Å². The number of hydrogen-bond donors (Lipinski definition) is 0. The van der Waals surface area contributed by atoms with Gasteiger partial charge in [-0.3, -0.25) is 9.59 Å². The molecule has 0 amide bonds.